The van der Waals surface area contributed by atoms with Gasteiger partial charge in [0.1, 0.15) is 0 Å². The fourth-order valence-electron chi connectivity index (χ4n) is 1.41. The van der Waals surface area contributed by atoms with E-state index in [1.54, 1.807) is 6.07 Å². The van der Waals surface area contributed by atoms with Crippen molar-refractivity contribution in [3.05, 3.63) is 35.4 Å². The lowest BCUT2D eigenvalue weighted by Crippen LogP contribution is -2.34. The molecule has 0 saturated heterocycles. The lowest BCUT2D eigenvalue weighted by atomic mass is 10.0. The number of benzene rings is 1. The lowest BCUT2D eigenvalue weighted by Gasteiger charge is -2.09. The first-order valence-corrected chi connectivity index (χ1v) is 5.06. The number of hydrogen-bond acceptors (Lipinski definition) is 3. The van der Waals surface area contributed by atoms with Crippen LogP contribution in [0.25, 0.3) is 0 Å². The van der Waals surface area contributed by atoms with Crippen molar-refractivity contribution in [3.63, 3.8) is 0 Å². The molecular formula is C12H17NO2. The van der Waals surface area contributed by atoms with E-state index in [4.69, 9.17) is 10.5 Å². The van der Waals surface area contributed by atoms with Crippen LogP contribution < -0.4 is 5.73 Å². The van der Waals surface area contributed by atoms with Gasteiger partial charge in [-0.2, -0.15) is 0 Å². The van der Waals surface area contributed by atoms with Crippen LogP contribution in [0.4, 0.5) is 0 Å². The highest BCUT2D eigenvalue weighted by Crippen LogP contribution is 2.08. The maximum atomic E-state index is 11.8. The van der Waals surface area contributed by atoms with E-state index in [-0.39, 0.29) is 12.4 Å². The molecule has 0 spiro atoms. The molecule has 1 atom stereocenters. The third-order valence-electron chi connectivity index (χ3n) is 2.30. The Morgan fingerprint density at radius 1 is 1.53 bits per heavy atom. The van der Waals surface area contributed by atoms with Crippen LogP contribution in [0.3, 0.4) is 0 Å². The molecule has 15 heavy (non-hydrogen) atoms. The van der Waals surface area contributed by atoms with Crippen molar-refractivity contribution in [1.29, 1.82) is 0 Å². The van der Waals surface area contributed by atoms with Gasteiger partial charge < -0.3 is 10.5 Å². The molecule has 0 aliphatic rings. The molecule has 0 bridgehead atoms. The molecular weight excluding hydrogens is 190 g/mol. The van der Waals surface area contributed by atoms with Crippen molar-refractivity contribution in [2.24, 2.45) is 5.73 Å². The second-order valence-electron chi connectivity index (χ2n) is 3.48. The Morgan fingerprint density at radius 2 is 2.27 bits per heavy atom. The number of methoxy groups -OCH3 is 1. The van der Waals surface area contributed by atoms with Crippen LogP contribution in [0.5, 0.6) is 0 Å². The van der Waals surface area contributed by atoms with E-state index in [0.717, 1.165) is 12.0 Å². The van der Waals surface area contributed by atoms with E-state index in [1.807, 2.05) is 18.2 Å². The fourth-order valence-corrected chi connectivity index (χ4v) is 1.41. The maximum absolute atomic E-state index is 11.8. The highest BCUT2D eigenvalue weighted by Gasteiger charge is 2.15. The Kier molecular flexibility index (Phi) is 4.46. The number of nitrogens with two attached hydrogens (primary N) is 1. The van der Waals surface area contributed by atoms with Gasteiger partial charge in [0.25, 0.3) is 0 Å². The standard InChI is InChI=1S/C12H17NO2/c1-3-9-5-4-6-10(7-9)12(14)11(13)8-15-2/h4-7,11H,3,8,13H2,1-2H3. The summed E-state index contributed by atoms with van der Waals surface area (Å²) >= 11 is 0. The minimum atomic E-state index is -0.567. The summed E-state index contributed by atoms with van der Waals surface area (Å²) in [4.78, 5) is 11.8. The summed E-state index contributed by atoms with van der Waals surface area (Å²) in [5.74, 6) is -0.0628. The monoisotopic (exact) mass is 207 g/mol. The van der Waals surface area contributed by atoms with Crippen LogP contribution in [-0.2, 0) is 11.2 Å². The third kappa shape index (κ3) is 3.15. The minimum Gasteiger partial charge on any atom is -0.383 e. The zero-order chi connectivity index (χ0) is 11.3. The smallest absolute Gasteiger partial charge is 0.181 e. The molecule has 1 rings (SSSR count). The van der Waals surface area contributed by atoms with Gasteiger partial charge in [-0.3, -0.25) is 4.79 Å². The molecule has 2 N–H and O–H groups in total. The summed E-state index contributed by atoms with van der Waals surface area (Å²) in [6.07, 6.45) is 0.917. The van der Waals surface area contributed by atoms with Crippen molar-refractivity contribution >= 4 is 5.78 Å². The van der Waals surface area contributed by atoms with Crippen LogP contribution in [0, 0.1) is 0 Å². The highest BCUT2D eigenvalue weighted by atomic mass is 16.5. The number of rotatable bonds is 5. The van der Waals surface area contributed by atoms with E-state index >= 15 is 0 Å². The van der Waals surface area contributed by atoms with Gasteiger partial charge in [0.2, 0.25) is 0 Å². The number of Topliss-reactive ketones (excluding diaryl/α,β-unsaturated/α-hetero) is 1. The van der Waals surface area contributed by atoms with E-state index < -0.39 is 6.04 Å². The Hall–Kier alpha value is -1.19. The topological polar surface area (TPSA) is 52.3 Å². The highest BCUT2D eigenvalue weighted by molar-refractivity contribution is 6.00. The molecule has 0 heterocycles. The second kappa shape index (κ2) is 5.63. The number of aryl methyl sites for hydroxylation is 1. The average Bonchev–Trinajstić information content (AvgIpc) is 2.28. The first kappa shape index (κ1) is 11.9. The third-order valence-corrected chi connectivity index (χ3v) is 2.30. The van der Waals surface area contributed by atoms with E-state index in [9.17, 15) is 4.79 Å². The Labute approximate surface area is 90.2 Å². The van der Waals surface area contributed by atoms with Crippen LogP contribution >= 0.6 is 0 Å². The summed E-state index contributed by atoms with van der Waals surface area (Å²) in [5.41, 5.74) is 7.49. The number of carbonyl (C=O) groups excluding carboxylic acids is 1. The molecule has 0 aromatic heterocycles. The van der Waals surface area contributed by atoms with E-state index in [1.165, 1.54) is 7.11 Å². The van der Waals surface area contributed by atoms with E-state index in [2.05, 4.69) is 6.92 Å². The van der Waals surface area contributed by atoms with Gasteiger partial charge in [0.15, 0.2) is 5.78 Å². The fraction of sp³-hybridized carbons (Fsp3) is 0.417. The van der Waals surface area contributed by atoms with Gasteiger partial charge in [-0.1, -0.05) is 25.1 Å². The number of ether oxygens (including phenoxy) is 1. The maximum Gasteiger partial charge on any atom is 0.181 e. The van der Waals surface area contributed by atoms with Crippen LogP contribution in [0.2, 0.25) is 0 Å². The molecule has 1 aromatic rings. The van der Waals surface area contributed by atoms with Crippen LogP contribution in [0.1, 0.15) is 22.8 Å². The second-order valence-corrected chi connectivity index (χ2v) is 3.48. The average molecular weight is 207 g/mol. The van der Waals surface area contributed by atoms with Gasteiger partial charge >= 0.3 is 0 Å². The molecule has 0 aliphatic heterocycles. The lowest BCUT2D eigenvalue weighted by molar-refractivity contribution is 0.0892. The zero-order valence-corrected chi connectivity index (χ0v) is 9.19. The Bertz CT molecular complexity index is 336. The summed E-state index contributed by atoms with van der Waals surface area (Å²) in [5, 5.41) is 0. The first-order valence-electron chi connectivity index (χ1n) is 5.06. The van der Waals surface area contributed by atoms with Gasteiger partial charge in [-0.05, 0) is 18.1 Å². The minimum absolute atomic E-state index is 0.0628. The predicted octanol–water partition coefficient (Wildman–Crippen LogP) is 1.41. The SMILES string of the molecule is CCc1cccc(C(=O)C(N)COC)c1. The van der Waals surface area contributed by atoms with Crippen molar-refractivity contribution in [1.82, 2.24) is 0 Å². The molecule has 3 heteroatoms. The Balaban J connectivity index is 2.81. The molecule has 82 valence electrons. The van der Waals surface area contributed by atoms with Crippen molar-refractivity contribution in [3.8, 4) is 0 Å². The molecule has 1 unspecified atom stereocenters. The summed E-state index contributed by atoms with van der Waals surface area (Å²) < 4.78 is 4.86. The van der Waals surface area contributed by atoms with Crippen LogP contribution in [0.15, 0.2) is 24.3 Å². The van der Waals surface area contributed by atoms with E-state index in [0.29, 0.717) is 5.56 Å². The normalized spacial score (nSPS) is 12.5. The van der Waals surface area contributed by atoms with Gasteiger partial charge in [0.05, 0.1) is 12.6 Å². The number of ketones is 1. The molecule has 0 amide bonds. The van der Waals surface area contributed by atoms with Crippen molar-refractivity contribution < 1.29 is 9.53 Å². The van der Waals surface area contributed by atoms with Crippen molar-refractivity contribution in [2.45, 2.75) is 19.4 Å². The van der Waals surface area contributed by atoms with Gasteiger partial charge in [-0.25, -0.2) is 0 Å². The first-order chi connectivity index (χ1) is 7.19. The summed E-state index contributed by atoms with van der Waals surface area (Å²) in [6, 6.07) is 6.99. The summed E-state index contributed by atoms with van der Waals surface area (Å²) in [7, 11) is 1.54. The molecule has 0 fully saturated rings. The molecule has 0 saturated carbocycles. The molecule has 0 radical (unpaired) electrons. The molecule has 3 nitrogen and oxygen atoms in total. The molecule has 1 aromatic carbocycles. The quantitative estimate of drug-likeness (QED) is 0.743. The van der Waals surface area contributed by atoms with Gasteiger partial charge in [-0.15, -0.1) is 0 Å². The largest absolute Gasteiger partial charge is 0.383 e. The van der Waals surface area contributed by atoms with Crippen LogP contribution in [-0.4, -0.2) is 25.5 Å². The predicted molar refractivity (Wildman–Crippen MR) is 60.0 cm³/mol. The Morgan fingerprint density at radius 3 is 2.87 bits per heavy atom. The number of hydrogen-bond donors (Lipinski definition) is 1. The zero-order valence-electron chi connectivity index (χ0n) is 9.19. The summed E-state index contributed by atoms with van der Waals surface area (Å²) in [6.45, 7) is 2.31. The van der Waals surface area contributed by atoms with Crippen molar-refractivity contribution in [2.75, 3.05) is 13.7 Å². The van der Waals surface area contributed by atoms with Gasteiger partial charge in [0, 0.05) is 12.7 Å². The molecule has 0 aliphatic carbocycles. The number of carbonyl (C=O) groups is 1.